The van der Waals surface area contributed by atoms with Crippen molar-refractivity contribution >= 4 is 57.1 Å². The van der Waals surface area contributed by atoms with Gasteiger partial charge < -0.3 is 31.3 Å². The van der Waals surface area contributed by atoms with Gasteiger partial charge in [-0.2, -0.15) is 5.26 Å². The number of amides is 5. The number of carbonyl (C=O) groups excluding carboxylic acids is 6. The molecule has 212 valence electrons. The molecule has 2 heterocycles. The molecule has 1 saturated heterocycles. The molecular formula is C24H32N6O7S2. The van der Waals surface area contributed by atoms with E-state index in [2.05, 4.69) is 26.6 Å². The lowest BCUT2D eigenvalue weighted by Gasteiger charge is -2.26. The zero-order valence-electron chi connectivity index (χ0n) is 21.3. The fourth-order valence-electron chi connectivity index (χ4n) is 3.86. The number of ether oxygens (including phenoxy) is 1. The predicted octanol–water partition coefficient (Wildman–Crippen LogP) is -0.812. The summed E-state index contributed by atoms with van der Waals surface area (Å²) in [7, 11) is 2.87. The zero-order chi connectivity index (χ0) is 28.3. The number of nitrogens with zero attached hydrogens (tertiary/aromatic N) is 1. The molecule has 3 atom stereocenters. The second kappa shape index (κ2) is 14.8. The molecule has 3 aliphatic rings. The van der Waals surface area contributed by atoms with Gasteiger partial charge in [0.15, 0.2) is 0 Å². The van der Waals surface area contributed by atoms with E-state index in [1.807, 2.05) is 6.07 Å². The van der Waals surface area contributed by atoms with E-state index in [9.17, 15) is 28.8 Å². The molecule has 2 fully saturated rings. The van der Waals surface area contributed by atoms with Crippen molar-refractivity contribution in [3.8, 4) is 6.07 Å². The normalized spacial score (nSPS) is 26.9. The Morgan fingerprint density at radius 1 is 1.15 bits per heavy atom. The van der Waals surface area contributed by atoms with E-state index in [4.69, 9.17) is 10.00 Å². The van der Waals surface area contributed by atoms with E-state index in [1.165, 1.54) is 21.6 Å². The van der Waals surface area contributed by atoms with Crippen LogP contribution in [-0.2, 0) is 33.5 Å². The molecule has 0 unspecified atom stereocenters. The van der Waals surface area contributed by atoms with Crippen LogP contribution in [0.5, 0.6) is 0 Å². The number of nitrogens with one attached hydrogen (secondary N) is 5. The van der Waals surface area contributed by atoms with Crippen LogP contribution in [0.3, 0.4) is 0 Å². The van der Waals surface area contributed by atoms with Crippen LogP contribution in [0.15, 0.2) is 12.2 Å². The summed E-state index contributed by atoms with van der Waals surface area (Å²) in [5.74, 6) is -2.65. The van der Waals surface area contributed by atoms with Gasteiger partial charge in [-0.25, -0.2) is 0 Å². The lowest BCUT2D eigenvalue weighted by molar-refractivity contribution is -0.148. The highest BCUT2D eigenvalue weighted by Crippen LogP contribution is 2.36. The second-order valence-corrected chi connectivity index (χ2v) is 11.9. The van der Waals surface area contributed by atoms with Gasteiger partial charge in [-0.05, 0) is 31.8 Å². The summed E-state index contributed by atoms with van der Waals surface area (Å²) >= 11 is 0. The van der Waals surface area contributed by atoms with Gasteiger partial charge in [0.25, 0.3) is 0 Å². The molecule has 0 aromatic heterocycles. The molecule has 15 heteroatoms. The SMILES string of the molecule is N#CCCNC(=O)CC[C@H]1NC(=O)C[C@H]2/C=C/CCSSC[C@@H](NC1=O)C(=O)NC1(CC1)C(=O)NCC(=O)O2. The quantitative estimate of drug-likeness (QED) is 0.119. The van der Waals surface area contributed by atoms with Crippen LogP contribution in [-0.4, -0.2) is 83.8 Å². The van der Waals surface area contributed by atoms with E-state index in [0.717, 1.165) is 0 Å². The fraction of sp³-hybridized carbons (Fsp3) is 0.625. The maximum atomic E-state index is 13.3. The smallest absolute Gasteiger partial charge is 0.326 e. The highest BCUT2D eigenvalue weighted by Gasteiger charge is 2.52. The highest BCUT2D eigenvalue weighted by atomic mass is 33.1. The van der Waals surface area contributed by atoms with Gasteiger partial charge >= 0.3 is 5.97 Å². The van der Waals surface area contributed by atoms with Gasteiger partial charge in [-0.3, -0.25) is 28.8 Å². The van der Waals surface area contributed by atoms with Crippen molar-refractivity contribution in [2.45, 2.75) is 68.7 Å². The van der Waals surface area contributed by atoms with Crippen molar-refractivity contribution in [2.75, 3.05) is 24.6 Å². The first-order chi connectivity index (χ1) is 18.7. The topological polar surface area (TPSA) is 196 Å². The monoisotopic (exact) mass is 580 g/mol. The molecule has 0 aromatic rings. The summed E-state index contributed by atoms with van der Waals surface area (Å²) < 4.78 is 5.42. The van der Waals surface area contributed by atoms with E-state index < -0.39 is 65.8 Å². The number of rotatable bonds is 5. The number of hydrogen-bond acceptors (Lipinski definition) is 10. The first kappa shape index (κ1) is 30.3. The maximum absolute atomic E-state index is 13.3. The Bertz CT molecular complexity index is 1040. The molecule has 1 aliphatic carbocycles. The Kier molecular flexibility index (Phi) is 11.5. The van der Waals surface area contributed by atoms with Gasteiger partial charge in [-0.1, -0.05) is 27.7 Å². The van der Waals surface area contributed by atoms with Crippen molar-refractivity contribution in [3.63, 3.8) is 0 Å². The van der Waals surface area contributed by atoms with Crippen molar-refractivity contribution < 1.29 is 33.5 Å². The van der Waals surface area contributed by atoms with Gasteiger partial charge in [0.2, 0.25) is 29.5 Å². The Labute approximate surface area is 233 Å². The number of fused-ring (bicyclic) bond motifs is 7. The number of carbonyl (C=O) groups is 6. The van der Waals surface area contributed by atoms with E-state index in [1.54, 1.807) is 12.2 Å². The lowest BCUT2D eigenvalue weighted by atomic mass is 10.1. The number of nitriles is 1. The molecule has 13 nitrogen and oxygen atoms in total. The summed E-state index contributed by atoms with van der Waals surface area (Å²) in [4.78, 5) is 76.8. The predicted molar refractivity (Wildman–Crippen MR) is 143 cm³/mol. The molecule has 1 saturated carbocycles. The molecule has 5 amide bonds. The minimum atomic E-state index is -1.17. The van der Waals surface area contributed by atoms with Crippen LogP contribution < -0.4 is 26.6 Å². The summed E-state index contributed by atoms with van der Waals surface area (Å²) in [6.07, 6.45) is 3.47. The van der Waals surface area contributed by atoms with Crippen LogP contribution in [0.2, 0.25) is 0 Å². The minimum absolute atomic E-state index is 0.0706. The molecule has 0 radical (unpaired) electrons. The van der Waals surface area contributed by atoms with Gasteiger partial charge in [-0.15, -0.1) is 0 Å². The third-order valence-corrected chi connectivity index (χ3v) is 8.60. The van der Waals surface area contributed by atoms with Crippen molar-refractivity contribution in [3.05, 3.63) is 12.2 Å². The molecule has 3 rings (SSSR count). The van der Waals surface area contributed by atoms with Crippen LogP contribution >= 0.6 is 21.6 Å². The molecule has 5 N–H and O–H groups in total. The van der Waals surface area contributed by atoms with Crippen LogP contribution in [0.1, 0.15) is 44.9 Å². The summed E-state index contributed by atoms with van der Waals surface area (Å²) in [5, 5.41) is 21.7. The molecule has 1 spiro atoms. The van der Waals surface area contributed by atoms with Crippen molar-refractivity contribution in [1.82, 2.24) is 26.6 Å². The number of hydrogen-bond donors (Lipinski definition) is 5. The van der Waals surface area contributed by atoms with E-state index in [-0.39, 0.29) is 38.0 Å². The highest BCUT2D eigenvalue weighted by molar-refractivity contribution is 8.76. The van der Waals surface area contributed by atoms with E-state index in [0.29, 0.717) is 25.0 Å². The fourth-order valence-corrected chi connectivity index (χ4v) is 6.02. The van der Waals surface area contributed by atoms with Crippen LogP contribution in [0.25, 0.3) is 0 Å². The second-order valence-electron chi connectivity index (χ2n) is 9.29. The molecule has 0 aromatic carbocycles. The molecular weight excluding hydrogens is 548 g/mol. The third kappa shape index (κ3) is 9.77. The Balaban J connectivity index is 1.86. The zero-order valence-corrected chi connectivity index (χ0v) is 22.9. The van der Waals surface area contributed by atoms with Crippen LogP contribution in [0, 0.1) is 11.3 Å². The Morgan fingerprint density at radius 2 is 1.95 bits per heavy atom. The Hall–Kier alpha value is -3.25. The van der Waals surface area contributed by atoms with E-state index >= 15 is 0 Å². The van der Waals surface area contributed by atoms with Gasteiger partial charge in [0.1, 0.15) is 30.3 Å². The summed E-state index contributed by atoms with van der Waals surface area (Å²) in [6, 6.07) is -0.266. The minimum Gasteiger partial charge on any atom is -0.456 e. The average molecular weight is 581 g/mol. The van der Waals surface area contributed by atoms with Crippen LogP contribution in [0.4, 0.5) is 0 Å². The average Bonchev–Trinajstić information content (AvgIpc) is 3.67. The van der Waals surface area contributed by atoms with Crippen molar-refractivity contribution in [2.24, 2.45) is 0 Å². The largest absolute Gasteiger partial charge is 0.456 e. The van der Waals surface area contributed by atoms with Gasteiger partial charge in [0, 0.05) is 24.5 Å². The summed E-state index contributed by atoms with van der Waals surface area (Å²) in [6.45, 7) is -0.276. The maximum Gasteiger partial charge on any atom is 0.326 e. The lowest BCUT2D eigenvalue weighted by Crippen LogP contribution is -2.59. The molecule has 39 heavy (non-hydrogen) atoms. The Morgan fingerprint density at radius 3 is 2.69 bits per heavy atom. The molecule has 2 bridgehead atoms. The van der Waals surface area contributed by atoms with Gasteiger partial charge in [0.05, 0.1) is 18.9 Å². The number of allylic oxidation sites excluding steroid dienone is 1. The standard InChI is InChI=1S/C24H32N6O7S2/c25-9-3-10-26-18(31)6-5-16-21(34)29-17-14-39-38-11-2-1-4-15(12-19(32)28-16)37-20(33)13-27-23(36)24(7-8-24)30-22(17)35/h1,4,15-17H,2-3,5-8,10-14H2,(H,26,31)(H,27,36)(H,28,32)(H,29,34)(H,30,35)/b4-1+/t15-,16-,17-/m1/s1. The first-order valence-electron chi connectivity index (χ1n) is 12.7. The first-order valence-corrected chi connectivity index (χ1v) is 15.2. The molecule has 2 aliphatic heterocycles. The third-order valence-electron chi connectivity index (χ3n) is 6.15. The number of esters is 1. The summed E-state index contributed by atoms with van der Waals surface area (Å²) in [5.41, 5.74) is -1.17. The van der Waals surface area contributed by atoms with Crippen molar-refractivity contribution in [1.29, 1.82) is 5.26 Å².